The van der Waals surface area contributed by atoms with E-state index in [0.29, 0.717) is 29.5 Å². The molecule has 0 aliphatic carbocycles. The van der Waals surface area contributed by atoms with Gasteiger partial charge in [0, 0.05) is 5.02 Å². The van der Waals surface area contributed by atoms with Gasteiger partial charge in [0.2, 0.25) is 0 Å². The molecular formula is C19H20ClNO4. The van der Waals surface area contributed by atoms with E-state index in [4.69, 9.17) is 21.1 Å². The summed E-state index contributed by atoms with van der Waals surface area (Å²) in [5, 5.41) is 3.26. The normalized spacial score (nSPS) is 10.2. The topological polar surface area (TPSA) is 64.6 Å². The van der Waals surface area contributed by atoms with Crippen molar-refractivity contribution in [3.05, 3.63) is 64.2 Å². The molecule has 0 radical (unpaired) electrons. The quantitative estimate of drug-likeness (QED) is 0.607. The number of amides is 1. The number of rotatable bonds is 7. The van der Waals surface area contributed by atoms with Crippen LogP contribution in [0.4, 0.5) is 0 Å². The lowest BCUT2D eigenvalue weighted by molar-refractivity contribution is -0.124. The number of ether oxygens (including phenoxy) is 2. The standard InChI is InChI=1S/C19H20ClNO4/c1-13-3-4-15(11-14(13)2)19(23)25-12-18(22)21-9-10-24-17-7-5-16(20)6-8-17/h3-8,11H,9-10,12H2,1-2H3,(H,21,22). The zero-order chi connectivity index (χ0) is 18.2. The zero-order valence-corrected chi connectivity index (χ0v) is 14.9. The number of carbonyl (C=O) groups is 2. The summed E-state index contributed by atoms with van der Waals surface area (Å²) >= 11 is 5.78. The largest absolute Gasteiger partial charge is 0.492 e. The smallest absolute Gasteiger partial charge is 0.338 e. The van der Waals surface area contributed by atoms with E-state index in [1.807, 2.05) is 19.9 Å². The Balaban J connectivity index is 1.67. The Morgan fingerprint density at radius 2 is 1.76 bits per heavy atom. The molecule has 0 fully saturated rings. The summed E-state index contributed by atoms with van der Waals surface area (Å²) in [4.78, 5) is 23.6. The van der Waals surface area contributed by atoms with E-state index in [0.717, 1.165) is 11.1 Å². The van der Waals surface area contributed by atoms with Crippen LogP contribution < -0.4 is 10.1 Å². The molecule has 0 atom stereocenters. The summed E-state index contributed by atoms with van der Waals surface area (Å²) in [5.74, 6) is -0.229. The molecular weight excluding hydrogens is 342 g/mol. The number of benzene rings is 2. The van der Waals surface area contributed by atoms with Gasteiger partial charge in [0.1, 0.15) is 12.4 Å². The number of aryl methyl sites for hydroxylation is 2. The van der Waals surface area contributed by atoms with Gasteiger partial charge in [-0.2, -0.15) is 0 Å². The second-order valence-electron chi connectivity index (χ2n) is 5.53. The van der Waals surface area contributed by atoms with Crippen LogP contribution in [0.15, 0.2) is 42.5 Å². The summed E-state index contributed by atoms with van der Waals surface area (Å²) in [6, 6.07) is 12.2. The third-order valence-corrected chi connectivity index (χ3v) is 3.84. The van der Waals surface area contributed by atoms with E-state index in [9.17, 15) is 9.59 Å². The summed E-state index contributed by atoms with van der Waals surface area (Å²) in [6.07, 6.45) is 0. The Bertz CT molecular complexity index is 744. The molecule has 0 unspecified atom stereocenters. The van der Waals surface area contributed by atoms with Gasteiger partial charge < -0.3 is 14.8 Å². The van der Waals surface area contributed by atoms with Crippen molar-refractivity contribution in [3.8, 4) is 5.75 Å². The molecule has 25 heavy (non-hydrogen) atoms. The molecule has 1 amide bonds. The first-order valence-corrected chi connectivity index (χ1v) is 8.23. The fourth-order valence-corrected chi connectivity index (χ4v) is 2.15. The second kappa shape index (κ2) is 9.08. The maximum absolute atomic E-state index is 11.9. The number of hydrogen-bond donors (Lipinski definition) is 1. The second-order valence-corrected chi connectivity index (χ2v) is 5.96. The third kappa shape index (κ3) is 6.12. The van der Waals surface area contributed by atoms with Crippen LogP contribution in [0.3, 0.4) is 0 Å². The van der Waals surface area contributed by atoms with Gasteiger partial charge >= 0.3 is 5.97 Å². The average Bonchev–Trinajstić information content (AvgIpc) is 2.60. The van der Waals surface area contributed by atoms with E-state index in [1.54, 1.807) is 36.4 Å². The molecule has 1 N–H and O–H groups in total. The minimum Gasteiger partial charge on any atom is -0.492 e. The van der Waals surface area contributed by atoms with E-state index in [2.05, 4.69) is 5.32 Å². The van der Waals surface area contributed by atoms with Crippen molar-refractivity contribution >= 4 is 23.5 Å². The lowest BCUT2D eigenvalue weighted by Crippen LogP contribution is -2.32. The van der Waals surface area contributed by atoms with Crippen LogP contribution in [-0.2, 0) is 9.53 Å². The molecule has 0 aliphatic heterocycles. The lowest BCUT2D eigenvalue weighted by atomic mass is 10.1. The van der Waals surface area contributed by atoms with Gasteiger partial charge in [0.25, 0.3) is 5.91 Å². The molecule has 5 nitrogen and oxygen atoms in total. The van der Waals surface area contributed by atoms with Crippen molar-refractivity contribution in [3.63, 3.8) is 0 Å². The zero-order valence-electron chi connectivity index (χ0n) is 14.2. The minimum atomic E-state index is -0.518. The maximum Gasteiger partial charge on any atom is 0.338 e. The fourth-order valence-electron chi connectivity index (χ4n) is 2.02. The van der Waals surface area contributed by atoms with Crippen molar-refractivity contribution in [2.75, 3.05) is 19.8 Å². The van der Waals surface area contributed by atoms with Crippen molar-refractivity contribution < 1.29 is 19.1 Å². The molecule has 2 aromatic carbocycles. The molecule has 2 aromatic rings. The van der Waals surface area contributed by atoms with Crippen LogP contribution in [0.5, 0.6) is 5.75 Å². The highest BCUT2D eigenvalue weighted by Gasteiger charge is 2.10. The molecule has 0 bridgehead atoms. The predicted molar refractivity (Wildman–Crippen MR) is 96.2 cm³/mol. The molecule has 0 saturated heterocycles. The number of nitrogens with one attached hydrogen (secondary N) is 1. The SMILES string of the molecule is Cc1ccc(C(=O)OCC(=O)NCCOc2ccc(Cl)cc2)cc1C. The average molecular weight is 362 g/mol. The van der Waals surface area contributed by atoms with Crippen molar-refractivity contribution in [1.82, 2.24) is 5.32 Å². The summed E-state index contributed by atoms with van der Waals surface area (Å²) in [6.45, 7) is 4.16. The van der Waals surface area contributed by atoms with Gasteiger partial charge in [0.15, 0.2) is 6.61 Å². The number of esters is 1. The Labute approximate surface area is 151 Å². The van der Waals surface area contributed by atoms with Crippen LogP contribution in [0.2, 0.25) is 5.02 Å². The molecule has 0 aliphatic rings. The number of carbonyl (C=O) groups excluding carboxylic acids is 2. The Morgan fingerprint density at radius 1 is 1.04 bits per heavy atom. The molecule has 0 heterocycles. The molecule has 6 heteroatoms. The van der Waals surface area contributed by atoms with Crippen molar-refractivity contribution in [1.29, 1.82) is 0 Å². The molecule has 2 rings (SSSR count). The molecule has 0 saturated carbocycles. The number of halogens is 1. The first kappa shape index (κ1) is 18.8. The van der Waals surface area contributed by atoms with Gasteiger partial charge in [-0.15, -0.1) is 0 Å². The summed E-state index contributed by atoms with van der Waals surface area (Å²) in [7, 11) is 0. The fraction of sp³-hybridized carbons (Fsp3) is 0.263. The predicted octanol–water partition coefficient (Wildman–Crippen LogP) is 3.31. The first-order chi connectivity index (χ1) is 12.0. The summed E-state index contributed by atoms with van der Waals surface area (Å²) in [5.41, 5.74) is 2.52. The van der Waals surface area contributed by atoms with E-state index in [1.165, 1.54) is 0 Å². The van der Waals surface area contributed by atoms with E-state index < -0.39 is 5.97 Å². The van der Waals surface area contributed by atoms with Gasteiger partial charge in [-0.25, -0.2) is 4.79 Å². The van der Waals surface area contributed by atoms with E-state index >= 15 is 0 Å². The first-order valence-electron chi connectivity index (χ1n) is 7.85. The van der Waals surface area contributed by atoms with Gasteiger partial charge in [-0.1, -0.05) is 17.7 Å². The lowest BCUT2D eigenvalue weighted by Gasteiger charge is -2.09. The van der Waals surface area contributed by atoms with Crippen LogP contribution in [-0.4, -0.2) is 31.6 Å². The molecule has 0 aromatic heterocycles. The van der Waals surface area contributed by atoms with Crippen LogP contribution in [0, 0.1) is 13.8 Å². The highest BCUT2D eigenvalue weighted by molar-refractivity contribution is 6.30. The van der Waals surface area contributed by atoms with Gasteiger partial charge in [0.05, 0.1) is 12.1 Å². The van der Waals surface area contributed by atoms with Crippen LogP contribution >= 0.6 is 11.6 Å². The minimum absolute atomic E-state index is 0.304. The monoisotopic (exact) mass is 361 g/mol. The summed E-state index contributed by atoms with van der Waals surface area (Å²) < 4.78 is 10.5. The highest BCUT2D eigenvalue weighted by atomic mass is 35.5. The van der Waals surface area contributed by atoms with Crippen molar-refractivity contribution in [2.45, 2.75) is 13.8 Å². The van der Waals surface area contributed by atoms with Gasteiger partial charge in [-0.3, -0.25) is 4.79 Å². The maximum atomic E-state index is 11.9. The Hall–Kier alpha value is -2.53. The van der Waals surface area contributed by atoms with Crippen molar-refractivity contribution in [2.24, 2.45) is 0 Å². The molecule has 0 spiro atoms. The van der Waals surface area contributed by atoms with Crippen LogP contribution in [0.25, 0.3) is 0 Å². The Kier molecular flexibility index (Phi) is 6.83. The third-order valence-electron chi connectivity index (χ3n) is 3.58. The Morgan fingerprint density at radius 3 is 2.44 bits per heavy atom. The van der Waals surface area contributed by atoms with Crippen LogP contribution in [0.1, 0.15) is 21.5 Å². The van der Waals surface area contributed by atoms with Gasteiger partial charge in [-0.05, 0) is 61.4 Å². The highest BCUT2D eigenvalue weighted by Crippen LogP contribution is 2.15. The molecule has 132 valence electrons. The van der Waals surface area contributed by atoms with E-state index in [-0.39, 0.29) is 12.5 Å². The number of hydrogen-bond acceptors (Lipinski definition) is 4.